The summed E-state index contributed by atoms with van der Waals surface area (Å²) in [6.07, 6.45) is 0.318. The van der Waals surface area contributed by atoms with Gasteiger partial charge in [-0.2, -0.15) is 0 Å². The molecule has 0 aromatic carbocycles. The van der Waals surface area contributed by atoms with Gasteiger partial charge in [-0.05, 0) is 13.6 Å². The van der Waals surface area contributed by atoms with E-state index in [1.54, 1.807) is 4.90 Å². The summed E-state index contributed by atoms with van der Waals surface area (Å²) < 4.78 is 14.1. The van der Waals surface area contributed by atoms with E-state index in [4.69, 9.17) is 0 Å². The molecule has 0 radical (unpaired) electrons. The van der Waals surface area contributed by atoms with Crippen LogP contribution in [-0.2, 0) is 4.79 Å². The number of halogens is 1. The van der Waals surface area contributed by atoms with Gasteiger partial charge < -0.3 is 15.1 Å². The Morgan fingerprint density at radius 3 is 2.53 bits per heavy atom. The van der Waals surface area contributed by atoms with Crippen LogP contribution in [0.1, 0.15) is 6.42 Å². The van der Waals surface area contributed by atoms with Crippen molar-refractivity contribution in [1.82, 2.24) is 15.1 Å². The highest BCUT2D eigenvalue weighted by Gasteiger charge is 2.44. The number of rotatable bonds is 1. The minimum atomic E-state index is -1.64. The number of hydrogen-bond acceptors (Lipinski definition) is 3. The number of amides is 1. The van der Waals surface area contributed by atoms with Gasteiger partial charge in [-0.1, -0.05) is 0 Å². The zero-order chi connectivity index (χ0) is 10.9. The van der Waals surface area contributed by atoms with Crippen LogP contribution in [0.5, 0.6) is 0 Å². The van der Waals surface area contributed by atoms with Gasteiger partial charge in [0.2, 0.25) is 5.67 Å². The summed E-state index contributed by atoms with van der Waals surface area (Å²) in [6, 6.07) is 0. The zero-order valence-electron chi connectivity index (χ0n) is 9.13. The van der Waals surface area contributed by atoms with Gasteiger partial charge in [0.25, 0.3) is 5.91 Å². The molecule has 0 aliphatic carbocycles. The number of alkyl halides is 1. The molecule has 15 heavy (non-hydrogen) atoms. The van der Waals surface area contributed by atoms with Gasteiger partial charge in [-0.3, -0.25) is 4.79 Å². The van der Waals surface area contributed by atoms with Crippen molar-refractivity contribution in [2.24, 2.45) is 0 Å². The normalized spacial score (nSPS) is 33.3. The predicted molar refractivity (Wildman–Crippen MR) is 55.4 cm³/mol. The van der Waals surface area contributed by atoms with Crippen molar-refractivity contribution in [3.63, 3.8) is 0 Å². The molecule has 2 aliphatic heterocycles. The van der Waals surface area contributed by atoms with E-state index in [1.165, 1.54) is 0 Å². The molecule has 2 saturated heterocycles. The first kappa shape index (κ1) is 10.8. The summed E-state index contributed by atoms with van der Waals surface area (Å²) >= 11 is 0. The molecule has 2 aliphatic rings. The zero-order valence-corrected chi connectivity index (χ0v) is 9.13. The van der Waals surface area contributed by atoms with Gasteiger partial charge in [-0.25, -0.2) is 4.39 Å². The molecular weight excluding hydrogens is 197 g/mol. The molecule has 0 aromatic heterocycles. The maximum atomic E-state index is 14.1. The summed E-state index contributed by atoms with van der Waals surface area (Å²) in [5.74, 6) is -0.319. The SMILES string of the molecule is CN1CCN(C(=O)C2(F)CCNC2)CC1. The summed E-state index contributed by atoms with van der Waals surface area (Å²) in [5.41, 5.74) is -1.64. The Hall–Kier alpha value is -0.680. The lowest BCUT2D eigenvalue weighted by Gasteiger charge is -2.35. The van der Waals surface area contributed by atoms with Crippen LogP contribution in [0.15, 0.2) is 0 Å². The largest absolute Gasteiger partial charge is 0.337 e. The van der Waals surface area contributed by atoms with Crippen LogP contribution in [-0.4, -0.2) is 67.7 Å². The Kier molecular flexibility index (Phi) is 2.93. The Bertz CT molecular complexity index is 245. The van der Waals surface area contributed by atoms with E-state index in [0.29, 0.717) is 26.1 Å². The van der Waals surface area contributed by atoms with Crippen LogP contribution in [0.2, 0.25) is 0 Å². The third kappa shape index (κ3) is 2.13. The van der Waals surface area contributed by atoms with Crippen molar-refractivity contribution in [2.75, 3.05) is 46.3 Å². The summed E-state index contributed by atoms with van der Waals surface area (Å²) in [5, 5.41) is 2.91. The molecule has 1 N–H and O–H groups in total. The van der Waals surface area contributed by atoms with Crippen molar-refractivity contribution in [2.45, 2.75) is 12.1 Å². The average Bonchev–Trinajstić information content (AvgIpc) is 2.67. The molecule has 2 fully saturated rings. The molecule has 1 amide bonds. The lowest BCUT2D eigenvalue weighted by atomic mass is 10.0. The van der Waals surface area contributed by atoms with E-state index < -0.39 is 5.67 Å². The minimum absolute atomic E-state index is 0.179. The molecular formula is C10H18FN3O. The van der Waals surface area contributed by atoms with Crippen LogP contribution in [0.25, 0.3) is 0 Å². The number of nitrogens with one attached hydrogen (secondary N) is 1. The highest BCUT2D eigenvalue weighted by atomic mass is 19.1. The fraction of sp³-hybridized carbons (Fsp3) is 0.900. The van der Waals surface area contributed by atoms with Crippen LogP contribution < -0.4 is 5.32 Å². The summed E-state index contributed by atoms with van der Waals surface area (Å²) in [4.78, 5) is 15.7. The molecule has 0 bridgehead atoms. The third-order valence-electron chi connectivity index (χ3n) is 3.28. The fourth-order valence-electron chi connectivity index (χ4n) is 2.14. The van der Waals surface area contributed by atoms with Crippen LogP contribution in [0.3, 0.4) is 0 Å². The molecule has 0 spiro atoms. The first-order chi connectivity index (χ1) is 7.12. The van der Waals surface area contributed by atoms with Crippen molar-refractivity contribution >= 4 is 5.91 Å². The first-order valence-corrected chi connectivity index (χ1v) is 5.49. The minimum Gasteiger partial charge on any atom is -0.337 e. The van der Waals surface area contributed by atoms with Crippen LogP contribution >= 0.6 is 0 Å². The Balaban J connectivity index is 1.95. The molecule has 1 unspecified atom stereocenters. The number of hydrogen-bond donors (Lipinski definition) is 1. The highest BCUT2D eigenvalue weighted by molar-refractivity contribution is 5.86. The fourth-order valence-corrected chi connectivity index (χ4v) is 2.14. The van der Waals surface area contributed by atoms with Gasteiger partial charge in [0.05, 0.1) is 0 Å². The lowest BCUT2D eigenvalue weighted by molar-refractivity contribution is -0.144. The molecule has 5 heteroatoms. The van der Waals surface area contributed by atoms with E-state index in [0.717, 1.165) is 13.1 Å². The summed E-state index contributed by atoms with van der Waals surface area (Å²) in [6.45, 7) is 3.78. The number of likely N-dealkylation sites (N-methyl/N-ethyl adjacent to an activating group) is 1. The van der Waals surface area contributed by atoms with E-state index in [-0.39, 0.29) is 12.5 Å². The third-order valence-corrected chi connectivity index (χ3v) is 3.28. The number of nitrogens with zero attached hydrogens (tertiary/aromatic N) is 2. The van der Waals surface area contributed by atoms with E-state index >= 15 is 0 Å². The van der Waals surface area contributed by atoms with Crippen molar-refractivity contribution in [3.05, 3.63) is 0 Å². The van der Waals surface area contributed by atoms with Crippen molar-refractivity contribution < 1.29 is 9.18 Å². The quantitative estimate of drug-likeness (QED) is 0.638. The smallest absolute Gasteiger partial charge is 0.261 e. The molecule has 86 valence electrons. The van der Waals surface area contributed by atoms with E-state index in [1.807, 2.05) is 7.05 Å². The highest BCUT2D eigenvalue weighted by Crippen LogP contribution is 2.23. The first-order valence-electron chi connectivity index (χ1n) is 5.49. The standard InChI is InChI=1S/C10H18FN3O/c1-13-4-6-14(7-5-13)9(15)10(11)2-3-12-8-10/h12H,2-8H2,1H3. The molecule has 2 heterocycles. The number of piperazine rings is 1. The monoisotopic (exact) mass is 215 g/mol. The molecule has 1 atom stereocenters. The van der Waals surface area contributed by atoms with Crippen LogP contribution in [0.4, 0.5) is 4.39 Å². The number of carbonyl (C=O) groups excluding carboxylic acids is 1. The molecule has 4 nitrogen and oxygen atoms in total. The van der Waals surface area contributed by atoms with Gasteiger partial charge in [0.1, 0.15) is 0 Å². The van der Waals surface area contributed by atoms with E-state index in [9.17, 15) is 9.18 Å². The van der Waals surface area contributed by atoms with Gasteiger partial charge in [0.15, 0.2) is 0 Å². The second kappa shape index (κ2) is 4.06. The maximum Gasteiger partial charge on any atom is 0.261 e. The topological polar surface area (TPSA) is 35.6 Å². The maximum absolute atomic E-state index is 14.1. The molecule has 0 aromatic rings. The lowest BCUT2D eigenvalue weighted by Crippen LogP contribution is -2.54. The van der Waals surface area contributed by atoms with Crippen LogP contribution in [0, 0.1) is 0 Å². The molecule has 0 saturated carbocycles. The predicted octanol–water partition coefficient (Wildman–Crippen LogP) is -0.538. The average molecular weight is 215 g/mol. The van der Waals surface area contributed by atoms with Crippen molar-refractivity contribution in [3.8, 4) is 0 Å². The van der Waals surface area contributed by atoms with Gasteiger partial charge in [-0.15, -0.1) is 0 Å². The number of carbonyl (C=O) groups is 1. The Labute approximate surface area is 89.4 Å². The van der Waals surface area contributed by atoms with Crippen molar-refractivity contribution in [1.29, 1.82) is 0 Å². The van der Waals surface area contributed by atoms with Gasteiger partial charge in [0, 0.05) is 39.1 Å². The Morgan fingerprint density at radius 2 is 2.00 bits per heavy atom. The second-order valence-electron chi connectivity index (χ2n) is 4.49. The summed E-state index contributed by atoms with van der Waals surface area (Å²) in [7, 11) is 2.02. The van der Waals surface area contributed by atoms with E-state index in [2.05, 4.69) is 10.2 Å². The Morgan fingerprint density at radius 1 is 1.33 bits per heavy atom. The van der Waals surface area contributed by atoms with Gasteiger partial charge >= 0.3 is 0 Å². The molecule has 2 rings (SSSR count). The second-order valence-corrected chi connectivity index (χ2v) is 4.49.